The van der Waals surface area contributed by atoms with E-state index in [1.807, 2.05) is 0 Å². The third kappa shape index (κ3) is 4.64. The summed E-state index contributed by atoms with van der Waals surface area (Å²) in [6.45, 7) is 0.336. The molecule has 11 heteroatoms. The maximum atomic E-state index is 12.5. The van der Waals surface area contributed by atoms with Gasteiger partial charge in [-0.25, -0.2) is 0 Å². The fourth-order valence-corrected chi connectivity index (χ4v) is 3.20. The zero-order chi connectivity index (χ0) is 20.3. The molecule has 3 aromatic rings. The molecule has 1 aromatic carbocycles. The Morgan fingerprint density at radius 1 is 1.11 bits per heavy atom. The lowest BCUT2D eigenvalue weighted by Crippen LogP contribution is -2.19. The third-order valence-electron chi connectivity index (χ3n) is 3.82. The van der Waals surface area contributed by atoms with Crippen molar-refractivity contribution < 1.29 is 14.7 Å². The number of benzene rings is 1. The van der Waals surface area contributed by atoms with Gasteiger partial charge in [-0.1, -0.05) is 40.9 Å². The van der Waals surface area contributed by atoms with E-state index in [4.69, 9.17) is 39.9 Å². The van der Waals surface area contributed by atoms with Crippen molar-refractivity contribution in [1.29, 1.82) is 0 Å². The number of hydrogen-bond acceptors (Lipinski definition) is 4. The summed E-state index contributed by atoms with van der Waals surface area (Å²) in [7, 11) is 0. The highest BCUT2D eigenvalue weighted by atomic mass is 35.5. The first-order chi connectivity index (χ1) is 13.3. The van der Waals surface area contributed by atoms with Crippen LogP contribution < -0.4 is 5.32 Å². The maximum absolute atomic E-state index is 12.5. The Morgan fingerprint density at radius 2 is 1.82 bits per heavy atom. The first-order valence-electron chi connectivity index (χ1n) is 8.06. The molecule has 0 atom stereocenters. The summed E-state index contributed by atoms with van der Waals surface area (Å²) >= 11 is 18.5. The number of amides is 1. The minimum atomic E-state index is -0.984. The standard InChI is InChI=1S/C17H14Cl3N5O3/c18-11-2-1-3-12(19)10(11)8-24-9-13(20)16(23-24)22-17(28)14-4-6-21-25(14)7-5-15(26)27/h1-4,6,9H,5,7-8H2,(H,26,27)(H,22,23,28). The van der Waals surface area contributed by atoms with Crippen molar-refractivity contribution in [2.45, 2.75) is 19.5 Å². The lowest BCUT2D eigenvalue weighted by atomic mass is 10.2. The molecule has 0 aliphatic carbocycles. The van der Waals surface area contributed by atoms with Gasteiger partial charge < -0.3 is 10.4 Å². The van der Waals surface area contributed by atoms with Crippen LogP contribution in [0.15, 0.2) is 36.7 Å². The van der Waals surface area contributed by atoms with Gasteiger partial charge in [-0.15, -0.1) is 0 Å². The average molecular weight is 443 g/mol. The highest BCUT2D eigenvalue weighted by Crippen LogP contribution is 2.27. The summed E-state index contributed by atoms with van der Waals surface area (Å²) < 4.78 is 2.81. The zero-order valence-corrected chi connectivity index (χ0v) is 16.5. The van der Waals surface area contributed by atoms with Gasteiger partial charge in [0.1, 0.15) is 10.7 Å². The van der Waals surface area contributed by atoms with Crippen LogP contribution in [0.3, 0.4) is 0 Å². The van der Waals surface area contributed by atoms with E-state index in [-0.39, 0.29) is 36.0 Å². The zero-order valence-electron chi connectivity index (χ0n) is 14.3. The quantitative estimate of drug-likeness (QED) is 0.579. The van der Waals surface area contributed by atoms with Crippen LogP contribution in [0.4, 0.5) is 5.82 Å². The third-order valence-corrected chi connectivity index (χ3v) is 4.80. The van der Waals surface area contributed by atoms with E-state index in [0.29, 0.717) is 15.6 Å². The molecule has 2 aromatic heterocycles. The van der Waals surface area contributed by atoms with Crippen LogP contribution in [0.2, 0.25) is 15.1 Å². The second kappa shape index (κ2) is 8.64. The smallest absolute Gasteiger partial charge is 0.305 e. The fraction of sp³-hybridized carbons (Fsp3) is 0.176. The number of nitrogens with one attached hydrogen (secondary N) is 1. The number of aryl methyl sites for hydroxylation is 1. The number of anilines is 1. The predicted octanol–water partition coefficient (Wildman–Crippen LogP) is 3.82. The fourth-order valence-electron chi connectivity index (χ4n) is 2.49. The van der Waals surface area contributed by atoms with Crippen molar-refractivity contribution in [3.63, 3.8) is 0 Å². The van der Waals surface area contributed by atoms with Gasteiger partial charge in [0.05, 0.1) is 19.5 Å². The molecule has 0 radical (unpaired) electrons. The van der Waals surface area contributed by atoms with Crippen molar-refractivity contribution in [3.05, 3.63) is 63.0 Å². The van der Waals surface area contributed by atoms with E-state index in [0.717, 1.165) is 0 Å². The number of rotatable bonds is 7. The molecule has 2 N–H and O–H groups in total. The number of carbonyl (C=O) groups is 2. The second-order valence-corrected chi connectivity index (χ2v) is 6.98. The Hall–Kier alpha value is -2.55. The highest BCUT2D eigenvalue weighted by molar-refractivity contribution is 6.36. The Morgan fingerprint density at radius 3 is 2.50 bits per heavy atom. The van der Waals surface area contributed by atoms with Crippen molar-refractivity contribution >= 4 is 52.5 Å². The summed E-state index contributed by atoms with van der Waals surface area (Å²) in [6.07, 6.45) is 2.80. The molecule has 0 bridgehead atoms. The van der Waals surface area contributed by atoms with E-state index in [1.54, 1.807) is 24.4 Å². The molecule has 28 heavy (non-hydrogen) atoms. The van der Waals surface area contributed by atoms with E-state index >= 15 is 0 Å². The Bertz CT molecular complexity index is 1010. The number of nitrogens with zero attached hydrogens (tertiary/aromatic N) is 4. The molecule has 0 spiro atoms. The maximum Gasteiger partial charge on any atom is 0.305 e. The van der Waals surface area contributed by atoms with Crippen molar-refractivity contribution in [2.24, 2.45) is 0 Å². The minimum Gasteiger partial charge on any atom is -0.481 e. The molecule has 146 valence electrons. The van der Waals surface area contributed by atoms with Gasteiger partial charge in [0.25, 0.3) is 5.91 Å². The highest BCUT2D eigenvalue weighted by Gasteiger charge is 2.17. The summed E-state index contributed by atoms with van der Waals surface area (Å²) in [5.41, 5.74) is 0.871. The van der Waals surface area contributed by atoms with Gasteiger partial charge in [-0.05, 0) is 18.2 Å². The molecule has 0 unspecified atom stereocenters. The lowest BCUT2D eigenvalue weighted by molar-refractivity contribution is -0.137. The van der Waals surface area contributed by atoms with E-state index in [9.17, 15) is 9.59 Å². The number of carboxylic acids is 1. The van der Waals surface area contributed by atoms with E-state index in [2.05, 4.69) is 15.5 Å². The topological polar surface area (TPSA) is 102 Å². The van der Waals surface area contributed by atoms with Crippen LogP contribution in [0.5, 0.6) is 0 Å². The molecule has 0 saturated carbocycles. The molecular formula is C17H14Cl3N5O3. The first-order valence-corrected chi connectivity index (χ1v) is 9.19. The number of carboxylic acid groups (broad SMARTS) is 1. The number of aromatic nitrogens is 4. The average Bonchev–Trinajstić information content (AvgIpc) is 3.23. The second-order valence-electron chi connectivity index (χ2n) is 5.76. The summed E-state index contributed by atoms with van der Waals surface area (Å²) in [5.74, 6) is -1.34. The van der Waals surface area contributed by atoms with Gasteiger partial charge in [0.15, 0.2) is 5.82 Å². The number of halogens is 3. The Labute approximate surface area is 174 Å². The SMILES string of the molecule is O=C(O)CCn1nccc1C(=O)Nc1nn(Cc2c(Cl)cccc2Cl)cc1Cl. The lowest BCUT2D eigenvalue weighted by Gasteiger charge is -2.07. The van der Waals surface area contributed by atoms with Crippen molar-refractivity contribution in [2.75, 3.05) is 5.32 Å². The van der Waals surface area contributed by atoms with E-state index in [1.165, 1.54) is 21.6 Å². The predicted molar refractivity (Wildman–Crippen MR) is 105 cm³/mol. The van der Waals surface area contributed by atoms with Crippen molar-refractivity contribution in [1.82, 2.24) is 19.6 Å². The normalized spacial score (nSPS) is 10.8. The molecule has 0 saturated heterocycles. The van der Waals surface area contributed by atoms with Gasteiger partial charge in [-0.2, -0.15) is 10.2 Å². The molecule has 2 heterocycles. The van der Waals surface area contributed by atoms with Crippen molar-refractivity contribution in [3.8, 4) is 0 Å². The summed E-state index contributed by atoms with van der Waals surface area (Å²) in [6, 6.07) is 6.65. The van der Waals surface area contributed by atoms with Crippen LogP contribution in [0, 0.1) is 0 Å². The minimum absolute atomic E-state index is 0.0677. The molecule has 8 nitrogen and oxygen atoms in total. The number of aliphatic carboxylic acids is 1. The van der Waals surface area contributed by atoms with Crippen LogP contribution in [0.25, 0.3) is 0 Å². The van der Waals surface area contributed by atoms with Crippen LogP contribution in [-0.4, -0.2) is 36.5 Å². The molecule has 0 aliphatic rings. The van der Waals surface area contributed by atoms with Crippen LogP contribution in [0.1, 0.15) is 22.5 Å². The van der Waals surface area contributed by atoms with Gasteiger partial charge >= 0.3 is 5.97 Å². The van der Waals surface area contributed by atoms with Gasteiger partial charge in [0.2, 0.25) is 0 Å². The Kier molecular flexibility index (Phi) is 6.23. The monoisotopic (exact) mass is 441 g/mol. The Balaban J connectivity index is 1.75. The van der Waals surface area contributed by atoms with Crippen LogP contribution in [-0.2, 0) is 17.9 Å². The summed E-state index contributed by atoms with van der Waals surface area (Å²) in [4.78, 5) is 23.2. The first kappa shape index (κ1) is 20.2. The number of hydrogen-bond donors (Lipinski definition) is 2. The number of carbonyl (C=O) groups excluding carboxylic acids is 1. The molecule has 1 amide bonds. The molecule has 0 fully saturated rings. The summed E-state index contributed by atoms with van der Waals surface area (Å²) in [5, 5.41) is 20.8. The molecule has 3 rings (SSSR count). The van der Waals surface area contributed by atoms with Gasteiger partial charge in [-0.3, -0.25) is 19.0 Å². The van der Waals surface area contributed by atoms with Crippen LogP contribution >= 0.6 is 34.8 Å². The van der Waals surface area contributed by atoms with Gasteiger partial charge in [0, 0.05) is 28.0 Å². The molecule has 0 aliphatic heterocycles. The largest absolute Gasteiger partial charge is 0.481 e. The molecular weight excluding hydrogens is 429 g/mol. The van der Waals surface area contributed by atoms with E-state index < -0.39 is 11.9 Å².